The fourth-order valence-corrected chi connectivity index (χ4v) is 3.85. The predicted molar refractivity (Wildman–Crippen MR) is 100 cm³/mol. The number of rotatable bonds is 5. The Morgan fingerprint density at radius 3 is 2.84 bits per heavy atom. The van der Waals surface area contributed by atoms with E-state index in [1.807, 2.05) is 18.3 Å². The lowest BCUT2D eigenvalue weighted by Crippen LogP contribution is -2.19. The summed E-state index contributed by atoms with van der Waals surface area (Å²) < 4.78 is 11.0. The zero-order valence-corrected chi connectivity index (χ0v) is 14.8. The third kappa shape index (κ3) is 3.22. The molecule has 1 saturated heterocycles. The molecule has 2 heterocycles. The van der Waals surface area contributed by atoms with Crippen LogP contribution in [0.1, 0.15) is 23.5 Å². The summed E-state index contributed by atoms with van der Waals surface area (Å²) in [7, 11) is 3.45. The molecule has 4 heteroatoms. The van der Waals surface area contributed by atoms with Crippen LogP contribution >= 0.6 is 0 Å². The average Bonchev–Trinajstić information content (AvgIpc) is 3.30. The lowest BCUT2D eigenvalue weighted by molar-refractivity contribution is 0.325. The van der Waals surface area contributed by atoms with Gasteiger partial charge in [0.2, 0.25) is 0 Å². The van der Waals surface area contributed by atoms with E-state index in [1.165, 1.54) is 22.0 Å². The van der Waals surface area contributed by atoms with Gasteiger partial charge in [-0.1, -0.05) is 6.07 Å². The lowest BCUT2D eigenvalue weighted by atomic mass is 9.97. The van der Waals surface area contributed by atoms with Gasteiger partial charge in [-0.25, -0.2) is 0 Å². The van der Waals surface area contributed by atoms with E-state index in [0.717, 1.165) is 37.6 Å². The lowest BCUT2D eigenvalue weighted by Gasteiger charge is -2.18. The summed E-state index contributed by atoms with van der Waals surface area (Å²) >= 11 is 0. The first-order valence-corrected chi connectivity index (χ1v) is 8.77. The van der Waals surface area contributed by atoms with Gasteiger partial charge in [-0.05, 0) is 60.3 Å². The Kier molecular flexibility index (Phi) is 4.36. The minimum atomic E-state index is 0.487. The van der Waals surface area contributed by atoms with Gasteiger partial charge >= 0.3 is 0 Å². The fourth-order valence-electron chi connectivity index (χ4n) is 3.85. The van der Waals surface area contributed by atoms with Gasteiger partial charge in [0.1, 0.15) is 11.5 Å². The highest BCUT2D eigenvalue weighted by atomic mass is 16.5. The van der Waals surface area contributed by atoms with Crippen molar-refractivity contribution in [2.24, 2.45) is 0 Å². The molecule has 25 heavy (non-hydrogen) atoms. The Labute approximate surface area is 148 Å². The summed E-state index contributed by atoms with van der Waals surface area (Å²) in [6, 6.07) is 14.9. The SMILES string of the molecule is COc1ccc(OC)c([C@@H]2CCN(Cc3ccc4[nH]ccc4c3)C2)c1. The maximum atomic E-state index is 5.57. The maximum absolute atomic E-state index is 5.57. The van der Waals surface area contributed by atoms with Crippen LogP contribution < -0.4 is 9.47 Å². The molecule has 2 aromatic carbocycles. The van der Waals surface area contributed by atoms with Crippen molar-refractivity contribution in [1.29, 1.82) is 0 Å². The molecular formula is C21H24N2O2. The Morgan fingerprint density at radius 1 is 1.08 bits per heavy atom. The average molecular weight is 336 g/mol. The molecule has 1 fully saturated rings. The van der Waals surface area contributed by atoms with Crippen molar-refractivity contribution in [3.8, 4) is 11.5 Å². The largest absolute Gasteiger partial charge is 0.497 e. The monoisotopic (exact) mass is 336 g/mol. The molecule has 3 aromatic rings. The van der Waals surface area contributed by atoms with Crippen LogP contribution in [0.15, 0.2) is 48.7 Å². The van der Waals surface area contributed by atoms with Crippen molar-refractivity contribution in [2.75, 3.05) is 27.3 Å². The molecule has 0 amide bonds. The van der Waals surface area contributed by atoms with E-state index in [2.05, 4.69) is 40.2 Å². The summed E-state index contributed by atoms with van der Waals surface area (Å²) in [4.78, 5) is 5.78. The molecule has 130 valence electrons. The highest BCUT2D eigenvalue weighted by Gasteiger charge is 2.26. The Bertz CT molecular complexity index is 871. The zero-order chi connectivity index (χ0) is 17.2. The van der Waals surface area contributed by atoms with Gasteiger partial charge in [0.05, 0.1) is 14.2 Å². The van der Waals surface area contributed by atoms with E-state index in [0.29, 0.717) is 5.92 Å². The van der Waals surface area contributed by atoms with Gasteiger partial charge in [0.25, 0.3) is 0 Å². The van der Waals surface area contributed by atoms with Gasteiger partial charge in [0, 0.05) is 36.3 Å². The van der Waals surface area contributed by atoms with Crippen molar-refractivity contribution in [2.45, 2.75) is 18.9 Å². The Morgan fingerprint density at radius 2 is 2.00 bits per heavy atom. The molecule has 0 aliphatic carbocycles. The Balaban J connectivity index is 1.49. The number of aromatic amines is 1. The van der Waals surface area contributed by atoms with Gasteiger partial charge in [0.15, 0.2) is 0 Å². The third-order valence-corrected chi connectivity index (χ3v) is 5.17. The molecule has 4 rings (SSSR count). The van der Waals surface area contributed by atoms with Crippen LogP contribution in [0, 0.1) is 0 Å². The highest BCUT2D eigenvalue weighted by molar-refractivity contribution is 5.79. The van der Waals surface area contributed by atoms with Crippen LogP contribution in [0.4, 0.5) is 0 Å². The first-order valence-electron chi connectivity index (χ1n) is 8.77. The van der Waals surface area contributed by atoms with Crippen LogP contribution in [0.3, 0.4) is 0 Å². The molecule has 0 saturated carbocycles. The van der Waals surface area contributed by atoms with Crippen LogP contribution in [0.25, 0.3) is 10.9 Å². The van der Waals surface area contributed by atoms with E-state index < -0.39 is 0 Å². The zero-order valence-electron chi connectivity index (χ0n) is 14.8. The molecule has 1 aliphatic rings. The first-order chi connectivity index (χ1) is 12.3. The van der Waals surface area contributed by atoms with Crippen molar-refractivity contribution in [1.82, 2.24) is 9.88 Å². The van der Waals surface area contributed by atoms with Crippen molar-refractivity contribution >= 4 is 10.9 Å². The maximum Gasteiger partial charge on any atom is 0.122 e. The summed E-state index contributed by atoms with van der Waals surface area (Å²) in [5.74, 6) is 2.34. The molecule has 4 nitrogen and oxygen atoms in total. The van der Waals surface area contributed by atoms with E-state index in [1.54, 1.807) is 14.2 Å². The third-order valence-electron chi connectivity index (χ3n) is 5.17. The number of likely N-dealkylation sites (tertiary alicyclic amines) is 1. The number of nitrogens with zero attached hydrogens (tertiary/aromatic N) is 1. The number of methoxy groups -OCH3 is 2. The number of aromatic nitrogens is 1. The van der Waals surface area contributed by atoms with Gasteiger partial charge < -0.3 is 14.5 Å². The van der Waals surface area contributed by atoms with Crippen LogP contribution in [0.5, 0.6) is 11.5 Å². The second-order valence-corrected chi connectivity index (χ2v) is 6.73. The van der Waals surface area contributed by atoms with Gasteiger partial charge in [-0.2, -0.15) is 0 Å². The molecule has 1 N–H and O–H groups in total. The highest BCUT2D eigenvalue weighted by Crippen LogP contribution is 2.36. The van der Waals surface area contributed by atoms with Crippen LogP contribution in [-0.2, 0) is 6.54 Å². The predicted octanol–water partition coefficient (Wildman–Crippen LogP) is 4.17. The van der Waals surface area contributed by atoms with Gasteiger partial charge in [-0.15, -0.1) is 0 Å². The van der Waals surface area contributed by atoms with Crippen molar-refractivity contribution < 1.29 is 9.47 Å². The first kappa shape index (κ1) is 16.0. The second-order valence-electron chi connectivity index (χ2n) is 6.73. The van der Waals surface area contributed by atoms with Crippen molar-refractivity contribution in [3.63, 3.8) is 0 Å². The van der Waals surface area contributed by atoms with Crippen molar-refractivity contribution in [3.05, 3.63) is 59.8 Å². The number of ether oxygens (including phenoxy) is 2. The summed E-state index contributed by atoms with van der Waals surface area (Å²) in [6.07, 6.45) is 3.14. The topological polar surface area (TPSA) is 37.5 Å². The molecule has 1 aromatic heterocycles. The number of H-pyrrole nitrogens is 1. The molecule has 1 atom stereocenters. The number of hydrogen-bond donors (Lipinski definition) is 1. The molecule has 0 bridgehead atoms. The molecule has 0 radical (unpaired) electrons. The summed E-state index contributed by atoms with van der Waals surface area (Å²) in [5.41, 5.74) is 3.82. The summed E-state index contributed by atoms with van der Waals surface area (Å²) in [6.45, 7) is 3.15. The van der Waals surface area contributed by atoms with E-state index >= 15 is 0 Å². The van der Waals surface area contributed by atoms with Gasteiger partial charge in [-0.3, -0.25) is 4.90 Å². The van der Waals surface area contributed by atoms with E-state index in [9.17, 15) is 0 Å². The van der Waals surface area contributed by atoms with E-state index in [-0.39, 0.29) is 0 Å². The standard InChI is InChI=1S/C21H24N2O2/c1-24-18-4-6-21(25-2)19(12-18)17-8-10-23(14-17)13-15-3-5-20-16(11-15)7-9-22-20/h3-7,9,11-12,17,22H,8,10,13-14H2,1-2H3/t17-/m1/s1. The fraction of sp³-hybridized carbons (Fsp3) is 0.333. The number of benzene rings is 2. The van der Waals surface area contributed by atoms with Crippen LogP contribution in [0.2, 0.25) is 0 Å². The van der Waals surface area contributed by atoms with Crippen LogP contribution in [-0.4, -0.2) is 37.2 Å². The number of nitrogens with one attached hydrogen (secondary N) is 1. The quantitative estimate of drug-likeness (QED) is 0.760. The van der Waals surface area contributed by atoms with E-state index in [4.69, 9.17) is 9.47 Å². The Hall–Kier alpha value is -2.46. The number of fused-ring (bicyclic) bond motifs is 1. The molecule has 0 unspecified atom stereocenters. The summed E-state index contributed by atoms with van der Waals surface area (Å²) in [5, 5.41) is 1.28. The molecular weight excluding hydrogens is 312 g/mol. The number of hydrogen-bond acceptors (Lipinski definition) is 3. The second kappa shape index (κ2) is 6.81. The molecule has 0 spiro atoms. The minimum Gasteiger partial charge on any atom is -0.497 e. The minimum absolute atomic E-state index is 0.487. The smallest absolute Gasteiger partial charge is 0.122 e. The normalized spacial score (nSPS) is 17.9. The molecule has 1 aliphatic heterocycles.